The number of halogens is 2. The molecular formula is C10H13Br2N3O. The maximum Gasteiger partial charge on any atom is 0.225 e. The van der Waals surface area contributed by atoms with Crippen molar-refractivity contribution < 1.29 is 4.74 Å². The van der Waals surface area contributed by atoms with Gasteiger partial charge >= 0.3 is 0 Å². The van der Waals surface area contributed by atoms with Crippen molar-refractivity contribution in [3.05, 3.63) is 16.9 Å². The van der Waals surface area contributed by atoms with E-state index in [-0.39, 0.29) is 12.2 Å². The summed E-state index contributed by atoms with van der Waals surface area (Å²) in [7, 11) is 0. The van der Waals surface area contributed by atoms with Crippen LogP contribution in [0.2, 0.25) is 0 Å². The lowest BCUT2D eigenvalue weighted by Gasteiger charge is -2.36. The molecule has 0 N–H and O–H groups in total. The monoisotopic (exact) mass is 349 g/mol. The van der Waals surface area contributed by atoms with Gasteiger partial charge in [0.2, 0.25) is 5.95 Å². The van der Waals surface area contributed by atoms with E-state index < -0.39 is 0 Å². The number of aromatic nitrogens is 2. The molecule has 1 fully saturated rings. The highest BCUT2D eigenvalue weighted by Gasteiger charge is 2.25. The van der Waals surface area contributed by atoms with Gasteiger partial charge in [0.1, 0.15) is 0 Å². The van der Waals surface area contributed by atoms with Crippen molar-refractivity contribution in [3.63, 3.8) is 0 Å². The van der Waals surface area contributed by atoms with Crippen LogP contribution in [-0.4, -0.2) is 40.6 Å². The van der Waals surface area contributed by atoms with Crippen LogP contribution in [0, 0.1) is 0 Å². The molecule has 16 heavy (non-hydrogen) atoms. The quantitative estimate of drug-likeness (QED) is 0.766. The maximum absolute atomic E-state index is 5.76. The van der Waals surface area contributed by atoms with Gasteiger partial charge in [0.05, 0.1) is 16.7 Å². The number of ether oxygens (including phenoxy) is 1. The molecule has 0 amide bonds. The van der Waals surface area contributed by atoms with Crippen molar-refractivity contribution in [1.82, 2.24) is 9.97 Å². The molecule has 2 atom stereocenters. The van der Waals surface area contributed by atoms with Gasteiger partial charge in [0.15, 0.2) is 0 Å². The zero-order valence-corrected chi connectivity index (χ0v) is 12.1. The predicted molar refractivity (Wildman–Crippen MR) is 70.1 cm³/mol. The smallest absolute Gasteiger partial charge is 0.225 e. The molecule has 1 aromatic heterocycles. The van der Waals surface area contributed by atoms with Crippen LogP contribution in [0.1, 0.15) is 6.92 Å². The molecule has 0 bridgehead atoms. The van der Waals surface area contributed by atoms with E-state index in [1.807, 2.05) is 0 Å². The van der Waals surface area contributed by atoms with E-state index >= 15 is 0 Å². The Morgan fingerprint density at radius 2 is 2.12 bits per heavy atom. The van der Waals surface area contributed by atoms with Crippen molar-refractivity contribution in [2.75, 3.05) is 23.3 Å². The van der Waals surface area contributed by atoms with Crippen LogP contribution in [0.5, 0.6) is 0 Å². The molecule has 6 heteroatoms. The lowest BCUT2D eigenvalue weighted by atomic mass is 10.2. The minimum Gasteiger partial charge on any atom is -0.371 e. The third-order valence-corrected chi connectivity index (χ3v) is 3.52. The molecule has 4 nitrogen and oxygen atoms in total. The molecular weight excluding hydrogens is 338 g/mol. The summed E-state index contributed by atoms with van der Waals surface area (Å²) in [5, 5.41) is 0.838. The lowest BCUT2D eigenvalue weighted by molar-refractivity contribution is -0.00249. The Balaban J connectivity index is 2.11. The summed E-state index contributed by atoms with van der Waals surface area (Å²) in [6.45, 7) is 3.74. The van der Waals surface area contributed by atoms with Gasteiger partial charge in [-0.2, -0.15) is 0 Å². The molecule has 2 rings (SSSR count). The Morgan fingerprint density at radius 3 is 2.75 bits per heavy atom. The minimum atomic E-state index is 0.205. The summed E-state index contributed by atoms with van der Waals surface area (Å²) in [6.07, 6.45) is 3.96. The highest BCUT2D eigenvalue weighted by molar-refractivity contribution is 9.10. The first-order valence-corrected chi connectivity index (χ1v) is 7.04. The molecule has 2 unspecified atom stereocenters. The Kier molecular flexibility index (Phi) is 4.16. The second-order valence-corrected chi connectivity index (χ2v) is 5.39. The molecule has 88 valence electrons. The number of alkyl halides is 1. The van der Waals surface area contributed by atoms with Crippen molar-refractivity contribution in [2.45, 2.75) is 19.1 Å². The fourth-order valence-electron chi connectivity index (χ4n) is 1.76. The lowest BCUT2D eigenvalue weighted by Crippen LogP contribution is -2.48. The SMILES string of the molecule is CC1CN(c2ncc(Br)cn2)CC(CBr)O1. The summed E-state index contributed by atoms with van der Waals surface area (Å²) in [5.41, 5.74) is 0. The van der Waals surface area contributed by atoms with Gasteiger partial charge in [0, 0.05) is 30.8 Å². The van der Waals surface area contributed by atoms with E-state index in [0.29, 0.717) is 0 Å². The Hall–Kier alpha value is -0.200. The van der Waals surface area contributed by atoms with E-state index in [2.05, 4.69) is 53.7 Å². The third-order valence-electron chi connectivity index (χ3n) is 2.39. The van der Waals surface area contributed by atoms with Gasteiger partial charge < -0.3 is 9.64 Å². The Labute approximate surface area is 112 Å². The van der Waals surface area contributed by atoms with Crippen molar-refractivity contribution in [1.29, 1.82) is 0 Å². The second-order valence-electron chi connectivity index (χ2n) is 3.83. The van der Waals surface area contributed by atoms with Gasteiger partial charge in [-0.3, -0.25) is 0 Å². The summed E-state index contributed by atoms with van der Waals surface area (Å²) < 4.78 is 6.66. The van der Waals surface area contributed by atoms with Crippen molar-refractivity contribution >= 4 is 37.8 Å². The van der Waals surface area contributed by atoms with Gasteiger partial charge in [-0.15, -0.1) is 0 Å². The fraction of sp³-hybridized carbons (Fsp3) is 0.600. The van der Waals surface area contributed by atoms with Crippen molar-refractivity contribution in [3.8, 4) is 0 Å². The van der Waals surface area contributed by atoms with E-state index in [0.717, 1.165) is 28.8 Å². The predicted octanol–water partition coefficient (Wildman–Crippen LogP) is 2.23. The first kappa shape index (κ1) is 12.3. The standard InChI is InChI=1S/C10H13Br2N3O/c1-7-5-15(6-9(2-11)16-7)10-13-3-8(12)4-14-10/h3-4,7,9H,2,5-6H2,1H3. The molecule has 0 aliphatic carbocycles. The molecule has 0 saturated carbocycles. The van der Waals surface area contributed by atoms with Crippen LogP contribution in [0.3, 0.4) is 0 Å². The van der Waals surface area contributed by atoms with Crippen LogP contribution in [0.4, 0.5) is 5.95 Å². The average molecular weight is 351 g/mol. The molecule has 1 aliphatic rings. The molecule has 0 aromatic carbocycles. The minimum absolute atomic E-state index is 0.205. The van der Waals surface area contributed by atoms with Crippen LogP contribution < -0.4 is 4.90 Å². The van der Waals surface area contributed by atoms with Gasteiger partial charge in [-0.05, 0) is 22.9 Å². The van der Waals surface area contributed by atoms with Gasteiger partial charge in [-0.1, -0.05) is 15.9 Å². The van der Waals surface area contributed by atoms with E-state index in [4.69, 9.17) is 4.74 Å². The zero-order chi connectivity index (χ0) is 11.5. The van der Waals surface area contributed by atoms with Crippen LogP contribution in [0.15, 0.2) is 16.9 Å². The van der Waals surface area contributed by atoms with Crippen LogP contribution >= 0.6 is 31.9 Å². The second kappa shape index (κ2) is 5.42. The number of nitrogens with zero attached hydrogens (tertiary/aromatic N) is 3. The highest BCUT2D eigenvalue weighted by Crippen LogP contribution is 2.18. The van der Waals surface area contributed by atoms with E-state index in [9.17, 15) is 0 Å². The Morgan fingerprint density at radius 1 is 1.44 bits per heavy atom. The van der Waals surface area contributed by atoms with Crippen LogP contribution in [-0.2, 0) is 4.74 Å². The fourth-order valence-corrected chi connectivity index (χ4v) is 2.32. The Bertz CT molecular complexity index is 346. The third kappa shape index (κ3) is 2.93. The van der Waals surface area contributed by atoms with Crippen molar-refractivity contribution in [2.24, 2.45) is 0 Å². The largest absolute Gasteiger partial charge is 0.371 e. The maximum atomic E-state index is 5.76. The molecule has 0 radical (unpaired) electrons. The molecule has 1 aliphatic heterocycles. The van der Waals surface area contributed by atoms with E-state index in [1.165, 1.54) is 0 Å². The topological polar surface area (TPSA) is 38.2 Å². The number of anilines is 1. The summed E-state index contributed by atoms with van der Waals surface area (Å²) >= 11 is 6.78. The zero-order valence-electron chi connectivity index (χ0n) is 8.94. The number of morpholine rings is 1. The first-order valence-electron chi connectivity index (χ1n) is 5.13. The molecule has 2 heterocycles. The highest BCUT2D eigenvalue weighted by atomic mass is 79.9. The average Bonchev–Trinajstić information content (AvgIpc) is 2.29. The number of hydrogen-bond acceptors (Lipinski definition) is 4. The summed E-state index contributed by atoms with van der Waals surface area (Å²) in [6, 6.07) is 0. The summed E-state index contributed by atoms with van der Waals surface area (Å²) in [4.78, 5) is 10.8. The normalized spacial score (nSPS) is 25.8. The van der Waals surface area contributed by atoms with Crippen LogP contribution in [0.25, 0.3) is 0 Å². The van der Waals surface area contributed by atoms with E-state index in [1.54, 1.807) is 12.4 Å². The van der Waals surface area contributed by atoms with Gasteiger partial charge in [-0.25, -0.2) is 9.97 Å². The molecule has 1 saturated heterocycles. The molecule has 0 spiro atoms. The molecule has 1 aromatic rings. The number of rotatable bonds is 2. The summed E-state index contributed by atoms with van der Waals surface area (Å²) in [5.74, 6) is 0.768. The first-order chi connectivity index (χ1) is 7.69. The number of hydrogen-bond donors (Lipinski definition) is 0. The van der Waals surface area contributed by atoms with Gasteiger partial charge in [0.25, 0.3) is 0 Å².